The number of nitrogens with zero attached hydrogens (tertiary/aromatic N) is 1. The molecule has 2 aliphatic rings. The number of ketones is 1. The smallest absolute Gasteiger partial charge is 0.306 e. The van der Waals surface area contributed by atoms with Crippen LogP contribution in [-0.2, 0) is 9.53 Å². The Morgan fingerprint density at radius 2 is 1.91 bits per heavy atom. The van der Waals surface area contributed by atoms with Crippen LogP contribution in [0.1, 0.15) is 64.7 Å². The van der Waals surface area contributed by atoms with E-state index in [0.29, 0.717) is 34.4 Å². The van der Waals surface area contributed by atoms with Gasteiger partial charge in [0, 0.05) is 23.2 Å². The molecule has 1 atom stereocenters. The third-order valence-electron chi connectivity index (χ3n) is 6.07. The molecule has 2 aromatic carbocycles. The Labute approximate surface area is 191 Å². The van der Waals surface area contributed by atoms with Gasteiger partial charge in [-0.25, -0.2) is 4.98 Å². The van der Waals surface area contributed by atoms with Crippen molar-refractivity contribution in [3.8, 4) is 17.4 Å². The summed E-state index contributed by atoms with van der Waals surface area (Å²) in [5.41, 5.74) is 3.96. The number of ether oxygens (including phenoxy) is 3. The lowest BCUT2D eigenvalue weighted by Crippen LogP contribution is -2.16. The van der Waals surface area contributed by atoms with Crippen molar-refractivity contribution in [2.24, 2.45) is 0 Å². The van der Waals surface area contributed by atoms with Crippen molar-refractivity contribution in [1.29, 1.82) is 0 Å². The first-order valence-electron chi connectivity index (χ1n) is 10.9. The average Bonchev–Trinajstić information content (AvgIpc) is 3.14. The van der Waals surface area contributed by atoms with Crippen molar-refractivity contribution in [1.82, 2.24) is 4.98 Å². The second-order valence-corrected chi connectivity index (χ2v) is 8.45. The Kier molecular flexibility index (Phi) is 5.21. The molecule has 1 aromatic heterocycles. The van der Waals surface area contributed by atoms with Crippen LogP contribution in [0, 0.1) is 0 Å². The number of esters is 1. The summed E-state index contributed by atoms with van der Waals surface area (Å²) in [4.78, 5) is 29.7. The Morgan fingerprint density at radius 1 is 1.12 bits per heavy atom. The van der Waals surface area contributed by atoms with Crippen LogP contribution < -0.4 is 9.47 Å². The van der Waals surface area contributed by atoms with E-state index in [1.807, 2.05) is 18.2 Å². The van der Waals surface area contributed by atoms with E-state index >= 15 is 0 Å². The minimum Gasteiger partial charge on any atom is -0.469 e. The number of carbonyl (C=O) groups excluding carboxylic acids is 2. The maximum absolute atomic E-state index is 13.2. The van der Waals surface area contributed by atoms with Crippen molar-refractivity contribution in [2.75, 3.05) is 7.11 Å². The lowest BCUT2D eigenvalue weighted by atomic mass is 9.85. The molecule has 3 aromatic rings. The van der Waals surface area contributed by atoms with E-state index in [0.717, 1.165) is 11.1 Å². The van der Waals surface area contributed by atoms with Gasteiger partial charge in [-0.3, -0.25) is 9.59 Å². The highest BCUT2D eigenvalue weighted by atomic mass is 16.5. The molecule has 6 nitrogen and oxygen atoms in total. The minimum atomic E-state index is -0.405. The van der Waals surface area contributed by atoms with Gasteiger partial charge in [0.1, 0.15) is 11.5 Å². The number of benzene rings is 2. The summed E-state index contributed by atoms with van der Waals surface area (Å²) in [7, 11) is 1.35. The van der Waals surface area contributed by atoms with Gasteiger partial charge in [0.25, 0.3) is 0 Å². The molecule has 166 valence electrons. The highest BCUT2D eigenvalue weighted by molar-refractivity contribution is 6.15. The maximum atomic E-state index is 13.2. The third-order valence-corrected chi connectivity index (χ3v) is 6.07. The third kappa shape index (κ3) is 3.67. The highest BCUT2D eigenvalue weighted by Gasteiger charge is 2.39. The number of methoxy groups -OCH3 is 1. The van der Waals surface area contributed by atoms with E-state index in [1.165, 1.54) is 12.7 Å². The molecule has 0 radical (unpaired) electrons. The predicted molar refractivity (Wildman–Crippen MR) is 123 cm³/mol. The van der Waals surface area contributed by atoms with Gasteiger partial charge in [0.15, 0.2) is 5.76 Å². The number of fused-ring (bicyclic) bond motifs is 4. The Hall–Kier alpha value is -3.93. The molecular weight excluding hydrogens is 418 g/mol. The molecule has 33 heavy (non-hydrogen) atoms. The van der Waals surface area contributed by atoms with E-state index in [4.69, 9.17) is 14.2 Å². The molecule has 0 bridgehead atoms. The number of rotatable bonds is 4. The van der Waals surface area contributed by atoms with Gasteiger partial charge in [-0.1, -0.05) is 44.2 Å². The lowest BCUT2D eigenvalue weighted by Gasteiger charge is -2.27. The number of allylic oxidation sites excluding steroid dienone is 1. The molecule has 0 N–H and O–H groups in total. The zero-order valence-corrected chi connectivity index (χ0v) is 18.6. The standard InChI is InChI=1S/C27H23NO5/c1-15(2)17-8-6-16(7-9-17)13-22-25(30)19-10-11-21-24(26(19)32-22)20(14-23(29)31-3)18-5-4-12-28-27(18)33-21/h4-13,15,20H,14H2,1-3H3. The quantitative estimate of drug-likeness (QED) is 0.386. The summed E-state index contributed by atoms with van der Waals surface area (Å²) in [6.45, 7) is 4.27. The first kappa shape index (κ1) is 20.9. The zero-order valence-electron chi connectivity index (χ0n) is 18.6. The molecule has 2 aliphatic heterocycles. The van der Waals surface area contributed by atoms with Gasteiger partial charge < -0.3 is 14.2 Å². The molecule has 6 heteroatoms. The molecule has 5 rings (SSSR count). The molecule has 3 heterocycles. The van der Waals surface area contributed by atoms with Crippen LogP contribution in [-0.4, -0.2) is 23.8 Å². The molecule has 0 saturated carbocycles. The van der Waals surface area contributed by atoms with Gasteiger partial charge in [-0.05, 0) is 41.3 Å². The maximum Gasteiger partial charge on any atom is 0.306 e. The number of aromatic nitrogens is 1. The fourth-order valence-corrected chi connectivity index (χ4v) is 4.28. The summed E-state index contributed by atoms with van der Waals surface area (Å²) in [5, 5.41) is 0. The molecule has 0 spiro atoms. The van der Waals surface area contributed by atoms with Crippen LogP contribution in [0.25, 0.3) is 6.08 Å². The summed E-state index contributed by atoms with van der Waals surface area (Å²) < 4.78 is 17.0. The Morgan fingerprint density at radius 3 is 2.64 bits per heavy atom. The van der Waals surface area contributed by atoms with Crippen LogP contribution in [0.3, 0.4) is 0 Å². The van der Waals surface area contributed by atoms with Gasteiger partial charge >= 0.3 is 5.97 Å². The van der Waals surface area contributed by atoms with Gasteiger partial charge in [0.05, 0.1) is 19.1 Å². The van der Waals surface area contributed by atoms with Crippen LogP contribution >= 0.6 is 0 Å². The van der Waals surface area contributed by atoms with E-state index < -0.39 is 5.92 Å². The number of hydrogen-bond donors (Lipinski definition) is 0. The topological polar surface area (TPSA) is 74.7 Å². The first-order chi connectivity index (χ1) is 16.0. The largest absolute Gasteiger partial charge is 0.469 e. The number of Topliss-reactive ketones (excluding diaryl/α,β-unsaturated/α-hetero) is 1. The fourth-order valence-electron chi connectivity index (χ4n) is 4.28. The zero-order chi connectivity index (χ0) is 23.1. The van der Waals surface area contributed by atoms with E-state index in [1.54, 1.807) is 30.5 Å². The SMILES string of the molecule is COC(=O)CC1c2cccnc2Oc2ccc3c(c21)OC(=Cc1ccc(C(C)C)cc1)C3=O. The van der Waals surface area contributed by atoms with Gasteiger partial charge in [-0.15, -0.1) is 0 Å². The summed E-state index contributed by atoms with van der Waals surface area (Å²) in [6, 6.07) is 15.1. The lowest BCUT2D eigenvalue weighted by molar-refractivity contribution is -0.140. The van der Waals surface area contributed by atoms with Crippen LogP contribution in [0.15, 0.2) is 60.5 Å². The highest BCUT2D eigenvalue weighted by Crippen LogP contribution is 2.52. The van der Waals surface area contributed by atoms with Crippen molar-refractivity contribution in [3.63, 3.8) is 0 Å². The molecule has 0 amide bonds. The molecule has 1 unspecified atom stereocenters. The van der Waals surface area contributed by atoms with Crippen LogP contribution in [0.2, 0.25) is 0 Å². The number of pyridine rings is 1. The van der Waals surface area contributed by atoms with Crippen molar-refractivity contribution >= 4 is 17.8 Å². The van der Waals surface area contributed by atoms with Crippen LogP contribution in [0.5, 0.6) is 17.4 Å². The second-order valence-electron chi connectivity index (χ2n) is 8.45. The fraction of sp³-hybridized carbons (Fsp3) is 0.222. The molecule has 0 saturated heterocycles. The summed E-state index contributed by atoms with van der Waals surface area (Å²) in [5.74, 6) is 1.07. The monoisotopic (exact) mass is 441 g/mol. The normalized spacial score (nSPS) is 17.2. The first-order valence-corrected chi connectivity index (χ1v) is 10.9. The number of hydrogen-bond acceptors (Lipinski definition) is 6. The van der Waals surface area contributed by atoms with Crippen molar-refractivity contribution in [3.05, 3.63) is 88.3 Å². The summed E-state index contributed by atoms with van der Waals surface area (Å²) >= 11 is 0. The van der Waals surface area contributed by atoms with Crippen LogP contribution in [0.4, 0.5) is 0 Å². The predicted octanol–water partition coefficient (Wildman–Crippen LogP) is 5.62. The van der Waals surface area contributed by atoms with Crippen molar-refractivity contribution in [2.45, 2.75) is 32.1 Å². The molecule has 0 aliphatic carbocycles. The average molecular weight is 441 g/mol. The van der Waals surface area contributed by atoms with Gasteiger partial charge in [-0.2, -0.15) is 0 Å². The van der Waals surface area contributed by atoms with Crippen molar-refractivity contribution < 1.29 is 23.8 Å². The number of carbonyl (C=O) groups is 2. The second kappa shape index (κ2) is 8.20. The van der Waals surface area contributed by atoms with E-state index in [9.17, 15) is 9.59 Å². The van der Waals surface area contributed by atoms with E-state index in [2.05, 4.69) is 31.0 Å². The molecule has 0 fully saturated rings. The Balaban J connectivity index is 1.56. The molecular formula is C27H23NO5. The summed E-state index contributed by atoms with van der Waals surface area (Å²) in [6.07, 6.45) is 3.46. The van der Waals surface area contributed by atoms with Gasteiger partial charge in [0.2, 0.25) is 11.7 Å². The Bertz CT molecular complexity index is 1290. The van der Waals surface area contributed by atoms with E-state index in [-0.39, 0.29) is 23.9 Å². The minimum absolute atomic E-state index is 0.0786.